The van der Waals surface area contributed by atoms with Gasteiger partial charge >= 0.3 is 6.01 Å². The third kappa shape index (κ3) is 4.57. The molecule has 8 rings (SSSR count). The number of pyridine rings is 1. The van der Waals surface area contributed by atoms with E-state index in [4.69, 9.17) is 20.3 Å². The Balaban J connectivity index is 1.29. The number of aromatic nitrogens is 3. The van der Waals surface area contributed by atoms with Crippen molar-refractivity contribution in [3.8, 4) is 35.4 Å². The fourth-order valence-corrected chi connectivity index (χ4v) is 7.95. The molecule has 0 radical (unpaired) electrons. The van der Waals surface area contributed by atoms with Crippen LogP contribution in [0.15, 0.2) is 30.5 Å². The zero-order valence-corrected chi connectivity index (χ0v) is 24.4. The standard InChI is InChI=1S/C34H33F3N6O2/c1-3-23-26(36)6-5-19-11-22(44)12-24(27(19)23)29-28(37)30-25(14-38-29)31(42-16-21-7-9-33(2,17-42)41-21)40-32(39-30)45-18-34-8-4-10-43(34)15-20(35)13-34/h1,5-6,11-12,14,20-21,41,44H,4,7-10,13,15-18H2,2H3/t20-,21?,33?,34+/m1/s1/i2D3. The number of rotatable bonds is 5. The van der Waals surface area contributed by atoms with Crippen LogP contribution in [0.5, 0.6) is 11.8 Å². The molecule has 2 N–H and O–H groups in total. The molecule has 4 atom stereocenters. The van der Waals surface area contributed by atoms with E-state index in [0.717, 1.165) is 19.4 Å². The molecule has 11 heteroatoms. The Morgan fingerprint density at radius 2 is 2.13 bits per heavy atom. The van der Waals surface area contributed by atoms with Gasteiger partial charge < -0.3 is 20.1 Å². The van der Waals surface area contributed by atoms with Gasteiger partial charge in [0.05, 0.1) is 16.5 Å². The van der Waals surface area contributed by atoms with Gasteiger partial charge in [-0.05, 0) is 62.7 Å². The van der Waals surface area contributed by atoms with E-state index in [1.165, 1.54) is 30.5 Å². The summed E-state index contributed by atoms with van der Waals surface area (Å²) in [6.07, 6.45) is 9.14. The van der Waals surface area contributed by atoms with Crippen molar-refractivity contribution in [3.63, 3.8) is 0 Å². The van der Waals surface area contributed by atoms with Crippen LogP contribution in [0.4, 0.5) is 19.0 Å². The zero-order valence-electron chi connectivity index (χ0n) is 27.4. The van der Waals surface area contributed by atoms with Crippen molar-refractivity contribution in [1.29, 1.82) is 0 Å². The predicted molar refractivity (Wildman–Crippen MR) is 165 cm³/mol. The highest BCUT2D eigenvalue weighted by atomic mass is 19.1. The number of ether oxygens (including phenoxy) is 1. The summed E-state index contributed by atoms with van der Waals surface area (Å²) in [5.74, 6) is 0.841. The summed E-state index contributed by atoms with van der Waals surface area (Å²) in [6, 6.07) is 5.03. The van der Waals surface area contributed by atoms with Crippen molar-refractivity contribution < 1.29 is 27.1 Å². The van der Waals surface area contributed by atoms with Gasteiger partial charge in [-0.2, -0.15) is 9.97 Å². The van der Waals surface area contributed by atoms with Crippen LogP contribution in [-0.2, 0) is 0 Å². The van der Waals surface area contributed by atoms with Crippen molar-refractivity contribution in [2.45, 2.75) is 62.2 Å². The molecule has 8 nitrogen and oxygen atoms in total. The molecule has 2 aromatic carbocycles. The number of piperazine rings is 1. The van der Waals surface area contributed by atoms with Crippen LogP contribution in [0.3, 0.4) is 0 Å². The maximum atomic E-state index is 16.9. The zero-order chi connectivity index (χ0) is 33.6. The molecule has 0 aliphatic carbocycles. The summed E-state index contributed by atoms with van der Waals surface area (Å²) in [6.45, 7) is -0.628. The molecule has 2 unspecified atom stereocenters. The number of fused-ring (bicyclic) bond motifs is 5. The predicted octanol–water partition coefficient (Wildman–Crippen LogP) is 5.10. The normalized spacial score (nSPS) is 29.0. The van der Waals surface area contributed by atoms with E-state index in [1.807, 2.05) is 4.90 Å². The van der Waals surface area contributed by atoms with E-state index < -0.39 is 35.7 Å². The first kappa shape index (κ1) is 25.1. The average molecular weight is 618 g/mol. The lowest BCUT2D eigenvalue weighted by Crippen LogP contribution is -2.58. The minimum absolute atomic E-state index is 0.0708. The Morgan fingerprint density at radius 3 is 2.98 bits per heavy atom. The van der Waals surface area contributed by atoms with Crippen LogP contribution >= 0.6 is 0 Å². The molecular formula is C34H33F3N6O2. The first-order valence-electron chi connectivity index (χ1n) is 16.7. The molecule has 0 spiro atoms. The maximum absolute atomic E-state index is 16.9. The summed E-state index contributed by atoms with van der Waals surface area (Å²) in [5, 5.41) is 14.7. The Labute approximate surface area is 262 Å². The van der Waals surface area contributed by atoms with E-state index in [0.29, 0.717) is 37.7 Å². The molecule has 4 aromatic rings. The second-order valence-corrected chi connectivity index (χ2v) is 12.9. The highest BCUT2D eigenvalue weighted by Crippen LogP contribution is 2.42. The number of hydrogen-bond donors (Lipinski definition) is 2. The van der Waals surface area contributed by atoms with E-state index >= 15 is 4.39 Å². The Hall–Kier alpha value is -4.14. The molecule has 0 amide bonds. The quantitative estimate of drug-likeness (QED) is 0.300. The van der Waals surface area contributed by atoms with Crippen molar-refractivity contribution in [3.05, 3.63) is 47.7 Å². The number of nitrogens with one attached hydrogen (secondary N) is 1. The van der Waals surface area contributed by atoms with Crippen LogP contribution in [0.25, 0.3) is 32.9 Å². The molecular weight excluding hydrogens is 581 g/mol. The highest BCUT2D eigenvalue weighted by Gasteiger charge is 2.49. The number of halogens is 3. The lowest BCUT2D eigenvalue weighted by Gasteiger charge is -2.40. The fourth-order valence-electron chi connectivity index (χ4n) is 7.95. The number of benzene rings is 2. The highest BCUT2D eigenvalue weighted by molar-refractivity contribution is 6.03. The first-order valence-corrected chi connectivity index (χ1v) is 15.2. The van der Waals surface area contributed by atoms with E-state index in [2.05, 4.69) is 26.1 Å². The number of phenolic OH excluding ortho intramolecular Hbond substituents is 1. The number of anilines is 1. The molecule has 0 saturated carbocycles. The molecule has 232 valence electrons. The molecule has 45 heavy (non-hydrogen) atoms. The second kappa shape index (κ2) is 10.2. The summed E-state index contributed by atoms with van der Waals surface area (Å²) >= 11 is 0. The number of phenols is 1. The Bertz CT molecular complexity index is 2030. The molecule has 4 aliphatic heterocycles. The summed E-state index contributed by atoms with van der Waals surface area (Å²) in [4.78, 5) is 17.6. The van der Waals surface area contributed by atoms with E-state index in [1.54, 1.807) is 0 Å². The molecule has 2 bridgehead atoms. The largest absolute Gasteiger partial charge is 0.508 e. The number of aromatic hydroxyl groups is 1. The number of alkyl halides is 1. The minimum atomic E-state index is -2.31. The monoisotopic (exact) mass is 617 g/mol. The molecule has 4 saturated heterocycles. The van der Waals surface area contributed by atoms with Gasteiger partial charge in [-0.1, -0.05) is 12.0 Å². The van der Waals surface area contributed by atoms with E-state index in [9.17, 15) is 13.9 Å². The van der Waals surface area contributed by atoms with Crippen LogP contribution in [0.1, 0.15) is 48.6 Å². The second-order valence-electron chi connectivity index (χ2n) is 12.9. The molecule has 6 heterocycles. The van der Waals surface area contributed by atoms with Gasteiger partial charge in [-0.3, -0.25) is 9.88 Å². The van der Waals surface area contributed by atoms with Crippen LogP contribution in [0, 0.1) is 24.0 Å². The first-order chi connectivity index (χ1) is 22.9. The van der Waals surface area contributed by atoms with Crippen molar-refractivity contribution in [1.82, 2.24) is 25.2 Å². The topological polar surface area (TPSA) is 86.6 Å². The van der Waals surface area contributed by atoms with Crippen LogP contribution in [-0.4, -0.2) is 81.0 Å². The summed E-state index contributed by atoms with van der Waals surface area (Å²) in [5.41, 5.74) is -2.11. The van der Waals surface area contributed by atoms with Gasteiger partial charge in [0.25, 0.3) is 0 Å². The lowest BCUT2D eigenvalue weighted by molar-refractivity contribution is 0.107. The smallest absolute Gasteiger partial charge is 0.319 e. The minimum Gasteiger partial charge on any atom is -0.508 e. The van der Waals surface area contributed by atoms with Gasteiger partial charge in [-0.15, -0.1) is 6.42 Å². The van der Waals surface area contributed by atoms with E-state index in [-0.39, 0.29) is 69.9 Å². The van der Waals surface area contributed by atoms with Crippen molar-refractivity contribution in [2.24, 2.45) is 0 Å². The number of nitrogens with zero attached hydrogens (tertiary/aromatic N) is 5. The van der Waals surface area contributed by atoms with Crippen LogP contribution < -0.4 is 15.0 Å². The third-order valence-corrected chi connectivity index (χ3v) is 9.93. The Morgan fingerprint density at radius 1 is 1.24 bits per heavy atom. The van der Waals surface area contributed by atoms with Gasteiger partial charge in [0.15, 0.2) is 5.82 Å². The van der Waals surface area contributed by atoms with Gasteiger partial charge in [0, 0.05) is 58.9 Å². The number of hydrogen-bond acceptors (Lipinski definition) is 8. The fraction of sp³-hybridized carbons (Fsp3) is 0.441. The summed E-state index contributed by atoms with van der Waals surface area (Å²) in [7, 11) is 0. The average Bonchev–Trinajstić information content (AvgIpc) is 3.68. The SMILES string of the molecule is [2H]C([2H])([2H])C12CCC(CN(c3nc(OC[C@@]45CCCN4C[C@H](F)C5)nc4c(F)c(-c5cc(O)cc6ccc(F)c(C#C)c56)ncc34)C1)N2. The third-order valence-electron chi connectivity index (χ3n) is 9.93. The lowest BCUT2D eigenvalue weighted by atomic mass is 9.95. The Kier molecular flexibility index (Phi) is 5.68. The number of terminal acetylenes is 1. The van der Waals surface area contributed by atoms with Gasteiger partial charge in [-0.25, -0.2) is 13.2 Å². The van der Waals surface area contributed by atoms with Crippen LogP contribution in [0.2, 0.25) is 0 Å². The molecule has 4 fully saturated rings. The molecule has 2 aromatic heterocycles. The maximum Gasteiger partial charge on any atom is 0.319 e. The van der Waals surface area contributed by atoms with Crippen molar-refractivity contribution in [2.75, 3.05) is 37.7 Å². The van der Waals surface area contributed by atoms with Gasteiger partial charge in [0.2, 0.25) is 0 Å². The summed E-state index contributed by atoms with van der Waals surface area (Å²) < 4.78 is 77.4. The molecule has 4 aliphatic rings. The van der Waals surface area contributed by atoms with Gasteiger partial charge in [0.1, 0.15) is 41.4 Å². The van der Waals surface area contributed by atoms with Crippen molar-refractivity contribution >= 4 is 27.5 Å².